The monoisotopic (exact) mass is 299 g/mol. The predicted molar refractivity (Wildman–Crippen MR) is 85.6 cm³/mol. The molecule has 1 unspecified atom stereocenters. The van der Waals surface area contributed by atoms with Gasteiger partial charge in [-0.3, -0.25) is 14.5 Å². The molecule has 5 nitrogen and oxygen atoms in total. The quantitative estimate of drug-likeness (QED) is 0.847. The van der Waals surface area contributed by atoms with Crippen molar-refractivity contribution < 1.29 is 9.59 Å². The lowest BCUT2D eigenvalue weighted by Crippen LogP contribution is -2.45. The first-order valence-corrected chi connectivity index (χ1v) is 7.71. The van der Waals surface area contributed by atoms with Crippen LogP contribution >= 0.6 is 0 Å². The molecule has 1 aromatic carbocycles. The molecule has 22 heavy (non-hydrogen) atoms. The zero-order chi connectivity index (χ0) is 15.7. The van der Waals surface area contributed by atoms with Gasteiger partial charge in [0.15, 0.2) is 5.78 Å². The summed E-state index contributed by atoms with van der Waals surface area (Å²) in [6.45, 7) is 3.42. The normalized spacial score (nSPS) is 18.4. The predicted octanol–water partition coefficient (Wildman–Crippen LogP) is 1.94. The molecule has 0 spiro atoms. The molecule has 1 saturated heterocycles. The largest absolute Gasteiger partial charge is 0.369 e. The van der Waals surface area contributed by atoms with Gasteiger partial charge in [-0.2, -0.15) is 0 Å². The van der Waals surface area contributed by atoms with Crippen LogP contribution in [0.3, 0.4) is 0 Å². The van der Waals surface area contributed by atoms with Crippen molar-refractivity contribution >= 4 is 22.6 Å². The van der Waals surface area contributed by atoms with Crippen LogP contribution in [0.4, 0.5) is 0 Å². The number of aromatic nitrogens is 1. The second kappa shape index (κ2) is 5.93. The van der Waals surface area contributed by atoms with Crippen LogP contribution in [0, 0.1) is 5.92 Å². The van der Waals surface area contributed by atoms with Crippen molar-refractivity contribution in [3.63, 3.8) is 0 Å². The number of aromatic amines is 1. The number of Topliss-reactive ketones (excluding diaryl/α,β-unsaturated/α-hetero) is 1. The number of nitrogens with one attached hydrogen (secondary N) is 1. The van der Waals surface area contributed by atoms with E-state index in [0.29, 0.717) is 0 Å². The maximum atomic E-state index is 12.8. The summed E-state index contributed by atoms with van der Waals surface area (Å²) in [7, 11) is 0. The van der Waals surface area contributed by atoms with Gasteiger partial charge in [0.05, 0.1) is 6.04 Å². The van der Waals surface area contributed by atoms with Crippen LogP contribution in [0.5, 0.6) is 0 Å². The molecule has 116 valence electrons. The SMILES string of the molecule is CC(C(=O)c1c[nH]c2ccccc12)N1CCC(C(N)=O)CC1. The molecular formula is C17H21N3O2. The van der Waals surface area contributed by atoms with E-state index in [0.717, 1.165) is 42.4 Å². The first kappa shape index (κ1) is 14.8. The van der Waals surface area contributed by atoms with Gasteiger partial charge in [0.1, 0.15) is 0 Å². The summed E-state index contributed by atoms with van der Waals surface area (Å²) >= 11 is 0. The molecule has 2 heterocycles. The molecule has 1 atom stereocenters. The number of amides is 1. The number of carbonyl (C=O) groups is 2. The second-order valence-corrected chi connectivity index (χ2v) is 6.00. The van der Waals surface area contributed by atoms with Gasteiger partial charge in [0, 0.05) is 28.6 Å². The zero-order valence-electron chi connectivity index (χ0n) is 12.7. The molecule has 5 heteroatoms. The van der Waals surface area contributed by atoms with E-state index < -0.39 is 0 Å². The fourth-order valence-electron chi connectivity index (χ4n) is 3.24. The number of piperidine rings is 1. The minimum Gasteiger partial charge on any atom is -0.369 e. The van der Waals surface area contributed by atoms with Crippen LogP contribution in [0.2, 0.25) is 0 Å². The van der Waals surface area contributed by atoms with Crippen molar-refractivity contribution in [3.8, 4) is 0 Å². The highest BCUT2D eigenvalue weighted by Gasteiger charge is 2.29. The number of benzene rings is 1. The van der Waals surface area contributed by atoms with E-state index in [4.69, 9.17) is 5.73 Å². The first-order valence-electron chi connectivity index (χ1n) is 7.71. The van der Waals surface area contributed by atoms with Crippen molar-refractivity contribution in [2.24, 2.45) is 11.7 Å². The van der Waals surface area contributed by atoms with Gasteiger partial charge in [-0.15, -0.1) is 0 Å². The van der Waals surface area contributed by atoms with E-state index in [-0.39, 0.29) is 23.7 Å². The van der Waals surface area contributed by atoms with Crippen molar-refractivity contribution in [1.82, 2.24) is 9.88 Å². The van der Waals surface area contributed by atoms with Gasteiger partial charge in [0.2, 0.25) is 5.91 Å². The van der Waals surface area contributed by atoms with Crippen LogP contribution in [0.1, 0.15) is 30.1 Å². The van der Waals surface area contributed by atoms with Crippen molar-refractivity contribution in [2.75, 3.05) is 13.1 Å². The molecule has 3 N–H and O–H groups in total. The number of para-hydroxylation sites is 1. The molecule has 1 aliphatic rings. The summed E-state index contributed by atoms with van der Waals surface area (Å²) in [6.07, 6.45) is 3.27. The Bertz CT molecular complexity index is 699. The molecular weight excluding hydrogens is 278 g/mol. The summed E-state index contributed by atoms with van der Waals surface area (Å²) in [6, 6.07) is 7.63. The maximum Gasteiger partial charge on any atom is 0.220 e. The number of ketones is 1. The van der Waals surface area contributed by atoms with Crippen molar-refractivity contribution in [1.29, 1.82) is 0 Å². The molecule has 1 aromatic heterocycles. The topological polar surface area (TPSA) is 79.2 Å². The molecule has 0 bridgehead atoms. The van der Waals surface area contributed by atoms with Crippen LogP contribution in [-0.4, -0.2) is 40.7 Å². The highest BCUT2D eigenvalue weighted by molar-refractivity contribution is 6.10. The van der Waals surface area contributed by atoms with Gasteiger partial charge in [-0.05, 0) is 38.9 Å². The minimum absolute atomic E-state index is 0.0494. The lowest BCUT2D eigenvalue weighted by molar-refractivity contribution is -0.123. The Morgan fingerprint density at radius 1 is 1.27 bits per heavy atom. The fraction of sp³-hybridized carbons (Fsp3) is 0.412. The third-order valence-electron chi connectivity index (χ3n) is 4.71. The van der Waals surface area contributed by atoms with E-state index in [2.05, 4.69) is 9.88 Å². The number of primary amides is 1. The van der Waals surface area contributed by atoms with Crippen molar-refractivity contribution in [3.05, 3.63) is 36.0 Å². The summed E-state index contributed by atoms with van der Waals surface area (Å²) in [5.74, 6) is -0.156. The highest BCUT2D eigenvalue weighted by Crippen LogP contribution is 2.23. The number of nitrogens with zero attached hydrogens (tertiary/aromatic N) is 1. The van der Waals surface area contributed by atoms with E-state index in [9.17, 15) is 9.59 Å². The fourth-order valence-corrected chi connectivity index (χ4v) is 3.24. The molecule has 1 aliphatic heterocycles. The van der Waals surface area contributed by atoms with Crippen LogP contribution in [0.15, 0.2) is 30.5 Å². The summed E-state index contributed by atoms with van der Waals surface area (Å²) in [5, 5.41) is 0.964. The number of carbonyl (C=O) groups excluding carboxylic acids is 2. The van der Waals surface area contributed by atoms with Gasteiger partial charge in [-0.25, -0.2) is 0 Å². The second-order valence-electron chi connectivity index (χ2n) is 6.00. The van der Waals surface area contributed by atoms with E-state index in [1.54, 1.807) is 6.20 Å². The Morgan fingerprint density at radius 3 is 2.64 bits per heavy atom. The first-order chi connectivity index (χ1) is 10.6. The zero-order valence-corrected chi connectivity index (χ0v) is 12.7. The van der Waals surface area contributed by atoms with Crippen LogP contribution in [-0.2, 0) is 4.79 Å². The Hall–Kier alpha value is -2.14. The maximum absolute atomic E-state index is 12.8. The average molecular weight is 299 g/mol. The van der Waals surface area contributed by atoms with E-state index >= 15 is 0 Å². The Morgan fingerprint density at radius 2 is 1.95 bits per heavy atom. The molecule has 3 rings (SSSR count). The Labute approximate surface area is 129 Å². The number of hydrogen-bond acceptors (Lipinski definition) is 3. The van der Waals surface area contributed by atoms with Crippen LogP contribution < -0.4 is 5.73 Å². The number of nitrogens with two attached hydrogens (primary N) is 1. The molecule has 0 radical (unpaired) electrons. The average Bonchev–Trinajstić information content (AvgIpc) is 2.97. The summed E-state index contributed by atoms with van der Waals surface area (Å²) in [5.41, 5.74) is 7.07. The number of hydrogen-bond donors (Lipinski definition) is 2. The Kier molecular flexibility index (Phi) is 3.98. The number of rotatable bonds is 4. The summed E-state index contributed by atoms with van der Waals surface area (Å²) < 4.78 is 0. The molecule has 0 saturated carbocycles. The molecule has 1 amide bonds. The summed E-state index contributed by atoms with van der Waals surface area (Å²) in [4.78, 5) is 29.3. The molecule has 2 aromatic rings. The molecule has 1 fully saturated rings. The van der Waals surface area contributed by atoms with E-state index in [1.165, 1.54) is 0 Å². The smallest absolute Gasteiger partial charge is 0.220 e. The lowest BCUT2D eigenvalue weighted by atomic mass is 9.94. The van der Waals surface area contributed by atoms with Gasteiger partial charge >= 0.3 is 0 Å². The standard InChI is InChI=1S/C17H21N3O2/c1-11(20-8-6-12(7-9-20)17(18)22)16(21)14-10-19-15-5-3-2-4-13(14)15/h2-5,10-12,19H,6-9H2,1H3,(H2,18,22). The van der Waals surface area contributed by atoms with E-state index in [1.807, 2.05) is 31.2 Å². The highest BCUT2D eigenvalue weighted by atomic mass is 16.1. The molecule has 0 aliphatic carbocycles. The number of likely N-dealkylation sites (tertiary alicyclic amines) is 1. The number of H-pyrrole nitrogens is 1. The lowest BCUT2D eigenvalue weighted by Gasteiger charge is -2.34. The third kappa shape index (κ3) is 2.64. The Balaban J connectivity index is 1.74. The van der Waals surface area contributed by atoms with Gasteiger partial charge in [-0.1, -0.05) is 18.2 Å². The number of fused-ring (bicyclic) bond motifs is 1. The minimum atomic E-state index is -0.227. The van der Waals surface area contributed by atoms with Gasteiger partial charge in [0.25, 0.3) is 0 Å². The van der Waals surface area contributed by atoms with Gasteiger partial charge < -0.3 is 10.7 Å². The van der Waals surface area contributed by atoms with Crippen molar-refractivity contribution in [2.45, 2.75) is 25.8 Å². The van der Waals surface area contributed by atoms with Crippen LogP contribution in [0.25, 0.3) is 10.9 Å². The third-order valence-corrected chi connectivity index (χ3v) is 4.71.